The molecule has 2 aromatic rings. The van der Waals surface area contributed by atoms with E-state index in [2.05, 4.69) is 11.6 Å². The molecule has 1 aliphatic heterocycles. The summed E-state index contributed by atoms with van der Waals surface area (Å²) in [6.07, 6.45) is 4.73. The number of quaternary nitrogens is 1. The summed E-state index contributed by atoms with van der Waals surface area (Å²) >= 11 is 0. The zero-order valence-electron chi connectivity index (χ0n) is 12.1. The summed E-state index contributed by atoms with van der Waals surface area (Å²) in [7, 11) is 0. The maximum absolute atomic E-state index is 14.8. The lowest BCUT2D eigenvalue weighted by atomic mass is 10.1. The fraction of sp³-hybridized carbons (Fsp3) is 0.0556. The van der Waals surface area contributed by atoms with Crippen molar-refractivity contribution in [3.63, 3.8) is 0 Å². The molecule has 4 heteroatoms. The van der Waals surface area contributed by atoms with Crippen LogP contribution < -0.4 is 4.48 Å². The van der Waals surface area contributed by atoms with E-state index in [0.717, 1.165) is 0 Å². The third-order valence-corrected chi connectivity index (χ3v) is 3.82. The number of halogens is 2. The Morgan fingerprint density at radius 1 is 1.09 bits per heavy atom. The molecule has 0 aromatic heterocycles. The second kappa shape index (κ2) is 5.31. The van der Waals surface area contributed by atoms with Crippen LogP contribution in [0.3, 0.4) is 0 Å². The molecule has 1 heterocycles. The largest absolute Gasteiger partial charge is 0.242 e. The van der Waals surface area contributed by atoms with Gasteiger partial charge in [-0.05, 0) is 18.6 Å². The van der Waals surface area contributed by atoms with Gasteiger partial charge >= 0.3 is 0 Å². The highest BCUT2D eigenvalue weighted by Gasteiger charge is 2.44. The van der Waals surface area contributed by atoms with Crippen LogP contribution in [0.4, 0.5) is 20.2 Å². The molecule has 2 aromatic carbocycles. The van der Waals surface area contributed by atoms with Gasteiger partial charge in [0.15, 0.2) is 11.6 Å². The van der Waals surface area contributed by atoms with Crippen LogP contribution in [0.2, 0.25) is 0 Å². The Hall–Kier alpha value is -2.59. The maximum Gasteiger partial charge on any atom is 0.242 e. The lowest BCUT2D eigenvalue weighted by molar-refractivity contribution is 0.537. The van der Waals surface area contributed by atoms with Gasteiger partial charge in [0.05, 0.1) is 6.20 Å². The Balaban J connectivity index is 2.40. The summed E-state index contributed by atoms with van der Waals surface area (Å²) in [6.45, 7) is 5.35. The van der Waals surface area contributed by atoms with E-state index in [1.165, 1.54) is 18.2 Å². The van der Waals surface area contributed by atoms with Gasteiger partial charge < -0.3 is 0 Å². The quantitative estimate of drug-likeness (QED) is 0.708. The predicted octanol–water partition coefficient (Wildman–Crippen LogP) is 4.98. The van der Waals surface area contributed by atoms with Gasteiger partial charge in [0.2, 0.25) is 11.5 Å². The molecule has 22 heavy (non-hydrogen) atoms. The first-order valence-electron chi connectivity index (χ1n) is 6.89. The van der Waals surface area contributed by atoms with Gasteiger partial charge in [0.25, 0.3) is 0 Å². The number of rotatable bonds is 3. The van der Waals surface area contributed by atoms with Gasteiger partial charge in [0, 0.05) is 18.2 Å². The van der Waals surface area contributed by atoms with Crippen molar-refractivity contribution < 1.29 is 8.78 Å². The zero-order valence-corrected chi connectivity index (χ0v) is 12.1. The molecule has 3 rings (SSSR count). The minimum atomic E-state index is -0.618. The average molecular weight is 297 g/mol. The Morgan fingerprint density at radius 3 is 2.50 bits per heavy atom. The number of aryl methyl sites for hydroxylation is 1. The monoisotopic (exact) mass is 297 g/mol. The van der Waals surface area contributed by atoms with Crippen LogP contribution in [-0.4, -0.2) is 5.84 Å². The number of hydrogen-bond acceptors (Lipinski definition) is 1. The van der Waals surface area contributed by atoms with Crippen molar-refractivity contribution in [2.45, 2.75) is 6.92 Å². The average Bonchev–Trinajstić information content (AvgIpc) is 2.97. The van der Waals surface area contributed by atoms with E-state index in [4.69, 9.17) is 0 Å². The fourth-order valence-corrected chi connectivity index (χ4v) is 2.74. The number of aliphatic imine (C=N–C) groups is 1. The molecule has 0 spiro atoms. The molecule has 0 saturated carbocycles. The van der Waals surface area contributed by atoms with Gasteiger partial charge in [-0.3, -0.25) is 0 Å². The van der Waals surface area contributed by atoms with Gasteiger partial charge in [-0.15, -0.1) is 0 Å². The second-order valence-corrected chi connectivity index (χ2v) is 5.07. The lowest BCUT2D eigenvalue weighted by Crippen LogP contribution is -2.43. The van der Waals surface area contributed by atoms with E-state index in [0.29, 0.717) is 17.1 Å². The van der Waals surface area contributed by atoms with Gasteiger partial charge in [-0.1, -0.05) is 30.8 Å². The third-order valence-electron chi connectivity index (χ3n) is 3.82. The highest BCUT2D eigenvalue weighted by molar-refractivity contribution is 6.08. The standard InChI is InChI=1S/C18H15F2N2/c1-3-16-21-11-12-22(16,14-7-5-4-6-8-14)18-15(19)10-9-13(2)17(18)20/h3-12H,1H2,2H3/q+1. The summed E-state index contributed by atoms with van der Waals surface area (Å²) in [5.74, 6) is -0.743. The van der Waals surface area contributed by atoms with Gasteiger partial charge in [-0.2, -0.15) is 13.9 Å². The molecule has 0 N–H and O–H groups in total. The molecule has 0 radical (unpaired) electrons. The Kier molecular flexibility index (Phi) is 3.47. The molecule has 1 aliphatic rings. The number of hydrogen-bond donors (Lipinski definition) is 0. The highest BCUT2D eigenvalue weighted by Crippen LogP contribution is 2.42. The number of nitrogens with zero attached hydrogens (tertiary/aromatic N) is 2. The Labute approximate surface area is 127 Å². The SMILES string of the molecule is C=CC1=NC=C[N+]1(c1ccccc1)c1c(F)ccc(C)c1F. The second-order valence-electron chi connectivity index (χ2n) is 5.07. The van der Waals surface area contributed by atoms with Crippen LogP contribution in [0.15, 0.2) is 72.5 Å². The van der Waals surface area contributed by atoms with E-state index in [9.17, 15) is 8.78 Å². The van der Waals surface area contributed by atoms with Crippen molar-refractivity contribution in [2.24, 2.45) is 4.99 Å². The van der Waals surface area contributed by atoms with Gasteiger partial charge in [0.1, 0.15) is 11.9 Å². The van der Waals surface area contributed by atoms with Crippen LogP contribution in [0.25, 0.3) is 0 Å². The van der Waals surface area contributed by atoms with Crippen molar-refractivity contribution >= 4 is 17.2 Å². The first-order chi connectivity index (χ1) is 10.6. The molecule has 0 saturated heterocycles. The number of amidine groups is 1. The molecular weight excluding hydrogens is 282 g/mol. The fourth-order valence-electron chi connectivity index (χ4n) is 2.74. The summed E-state index contributed by atoms with van der Waals surface area (Å²) in [6, 6.07) is 11.9. The summed E-state index contributed by atoms with van der Waals surface area (Å²) in [4.78, 5) is 4.23. The van der Waals surface area contributed by atoms with E-state index in [-0.39, 0.29) is 10.2 Å². The molecule has 0 fully saturated rings. The summed E-state index contributed by atoms with van der Waals surface area (Å²) in [5.41, 5.74) is 1.01. The molecule has 1 atom stereocenters. The number of para-hydroxylation sites is 1. The Bertz CT molecular complexity index is 794. The van der Waals surface area contributed by atoms with Crippen molar-refractivity contribution in [1.29, 1.82) is 0 Å². The molecule has 0 aliphatic carbocycles. The minimum absolute atomic E-state index is 0.0707. The molecule has 0 bridgehead atoms. The van der Waals surface area contributed by atoms with E-state index < -0.39 is 11.6 Å². The van der Waals surface area contributed by atoms with Crippen molar-refractivity contribution in [2.75, 3.05) is 0 Å². The smallest absolute Gasteiger partial charge is 0.200 e. The summed E-state index contributed by atoms with van der Waals surface area (Å²) in [5, 5.41) is 0. The summed E-state index contributed by atoms with van der Waals surface area (Å²) < 4.78 is 29.1. The normalized spacial score (nSPS) is 20.0. The van der Waals surface area contributed by atoms with Crippen molar-refractivity contribution in [3.8, 4) is 0 Å². The topological polar surface area (TPSA) is 12.4 Å². The zero-order chi connectivity index (χ0) is 15.7. The lowest BCUT2D eigenvalue weighted by Gasteiger charge is -2.31. The van der Waals surface area contributed by atoms with Crippen molar-refractivity contribution in [3.05, 3.63) is 84.7 Å². The highest BCUT2D eigenvalue weighted by atomic mass is 19.1. The van der Waals surface area contributed by atoms with Crippen LogP contribution in [0.5, 0.6) is 0 Å². The van der Waals surface area contributed by atoms with E-state index in [1.54, 1.807) is 19.3 Å². The molecule has 0 amide bonds. The van der Waals surface area contributed by atoms with E-state index in [1.807, 2.05) is 30.3 Å². The molecule has 2 nitrogen and oxygen atoms in total. The minimum Gasteiger partial charge on any atom is -0.200 e. The maximum atomic E-state index is 14.8. The Morgan fingerprint density at radius 2 is 1.82 bits per heavy atom. The molecule has 1 unspecified atom stereocenters. The van der Waals surface area contributed by atoms with Crippen LogP contribution in [0.1, 0.15) is 5.56 Å². The number of benzene rings is 2. The van der Waals surface area contributed by atoms with Crippen LogP contribution in [-0.2, 0) is 0 Å². The first kappa shape index (κ1) is 14.4. The first-order valence-corrected chi connectivity index (χ1v) is 6.89. The van der Waals surface area contributed by atoms with Gasteiger partial charge in [-0.25, -0.2) is 4.39 Å². The van der Waals surface area contributed by atoms with Crippen LogP contribution >= 0.6 is 0 Å². The third kappa shape index (κ3) is 1.92. The van der Waals surface area contributed by atoms with E-state index >= 15 is 0 Å². The molecular formula is C18H15F2N2+. The molecule has 110 valence electrons. The van der Waals surface area contributed by atoms with Crippen molar-refractivity contribution in [1.82, 2.24) is 4.48 Å². The predicted molar refractivity (Wildman–Crippen MR) is 85.8 cm³/mol. The van der Waals surface area contributed by atoms with Crippen LogP contribution in [0, 0.1) is 18.6 Å².